The first-order valence-electron chi connectivity index (χ1n) is 4.68. The maximum Gasteiger partial charge on any atom is 0.254 e. The number of nitrogens with zero attached hydrogens (tertiary/aromatic N) is 3. The van der Waals surface area contributed by atoms with Gasteiger partial charge in [-0.1, -0.05) is 5.16 Å². The predicted molar refractivity (Wildman–Crippen MR) is 58.9 cm³/mol. The van der Waals surface area contributed by atoms with Crippen LogP contribution >= 0.6 is 0 Å². The third-order valence-electron chi connectivity index (χ3n) is 2.38. The van der Waals surface area contributed by atoms with Gasteiger partial charge in [0.1, 0.15) is 6.21 Å². The quantitative estimate of drug-likeness (QED) is 0.381. The minimum atomic E-state index is -1.72. The Bertz CT molecular complexity index is 374. The number of rotatable bonds is 2. The minimum Gasteiger partial charge on any atom is -0.411 e. The normalized spacial score (nSPS) is 24.8. The van der Waals surface area contributed by atoms with Gasteiger partial charge < -0.3 is 20.1 Å². The van der Waals surface area contributed by atoms with E-state index in [9.17, 15) is 9.90 Å². The van der Waals surface area contributed by atoms with Crippen molar-refractivity contribution in [2.75, 3.05) is 21.1 Å². The van der Waals surface area contributed by atoms with Crippen LogP contribution < -0.4 is 0 Å². The molecule has 2 N–H and O–H groups in total. The molecule has 0 fully saturated rings. The zero-order valence-electron chi connectivity index (χ0n) is 9.45. The third-order valence-corrected chi connectivity index (χ3v) is 2.38. The zero-order valence-corrected chi connectivity index (χ0v) is 9.45. The van der Waals surface area contributed by atoms with E-state index < -0.39 is 5.72 Å². The van der Waals surface area contributed by atoms with Crippen LogP contribution in [0.4, 0.5) is 0 Å². The molecule has 0 aromatic rings. The van der Waals surface area contributed by atoms with Crippen LogP contribution in [-0.4, -0.2) is 59.1 Å². The number of likely N-dealkylation sites (N-methyl/N-ethyl adjacent to an activating group) is 2. The summed E-state index contributed by atoms with van der Waals surface area (Å²) in [5.41, 5.74) is -1.59. The molecule has 1 amide bonds. The molecule has 1 aliphatic heterocycles. The molecule has 1 rings (SSSR count). The number of aliphatic hydroxyl groups is 1. The van der Waals surface area contributed by atoms with Crippen molar-refractivity contribution in [3.05, 3.63) is 23.9 Å². The van der Waals surface area contributed by atoms with Gasteiger partial charge in [0.05, 0.1) is 5.57 Å². The van der Waals surface area contributed by atoms with Gasteiger partial charge in [-0.15, -0.1) is 0 Å². The van der Waals surface area contributed by atoms with Crippen LogP contribution in [0.15, 0.2) is 29.1 Å². The number of carbonyl (C=O) groups is 1. The summed E-state index contributed by atoms with van der Waals surface area (Å²) in [7, 11) is 4.74. The highest BCUT2D eigenvalue weighted by atomic mass is 16.4. The molecule has 6 nitrogen and oxygen atoms in total. The molecule has 0 aliphatic carbocycles. The first kappa shape index (κ1) is 12.3. The van der Waals surface area contributed by atoms with E-state index in [1.54, 1.807) is 33.4 Å². The van der Waals surface area contributed by atoms with Crippen LogP contribution in [0.5, 0.6) is 0 Å². The van der Waals surface area contributed by atoms with Crippen molar-refractivity contribution in [3.8, 4) is 0 Å². The number of allylic oxidation sites excluding steroid dienone is 2. The summed E-state index contributed by atoms with van der Waals surface area (Å²) in [6.45, 7) is 0. The van der Waals surface area contributed by atoms with Crippen LogP contribution in [0.1, 0.15) is 0 Å². The summed E-state index contributed by atoms with van der Waals surface area (Å²) in [4.78, 5) is 14.5. The van der Waals surface area contributed by atoms with Crippen molar-refractivity contribution in [3.63, 3.8) is 0 Å². The second-order valence-corrected chi connectivity index (χ2v) is 3.70. The van der Waals surface area contributed by atoms with Crippen molar-refractivity contribution in [2.45, 2.75) is 5.72 Å². The van der Waals surface area contributed by atoms with Gasteiger partial charge in [0.15, 0.2) is 0 Å². The molecule has 16 heavy (non-hydrogen) atoms. The van der Waals surface area contributed by atoms with E-state index >= 15 is 0 Å². The minimum absolute atomic E-state index is 0.125. The van der Waals surface area contributed by atoms with Crippen molar-refractivity contribution in [2.24, 2.45) is 5.16 Å². The molecule has 1 unspecified atom stereocenters. The molecular weight excluding hydrogens is 210 g/mol. The van der Waals surface area contributed by atoms with E-state index in [1.807, 2.05) is 0 Å². The maximum absolute atomic E-state index is 11.8. The molecule has 1 atom stereocenters. The van der Waals surface area contributed by atoms with Gasteiger partial charge in [-0.05, 0) is 12.2 Å². The average Bonchev–Trinajstić information content (AvgIpc) is 2.21. The molecule has 0 saturated heterocycles. The number of hydrogen-bond acceptors (Lipinski definition) is 5. The van der Waals surface area contributed by atoms with E-state index in [1.165, 1.54) is 15.9 Å². The van der Waals surface area contributed by atoms with E-state index in [4.69, 9.17) is 5.21 Å². The standard InChI is InChI=1S/C10H15N3O3/c1-12(2)9(14)8-5-4-6-13(3)10(8,15)7-11-16/h4-7,15-16H,1-3H3. The first-order valence-corrected chi connectivity index (χ1v) is 4.68. The van der Waals surface area contributed by atoms with Gasteiger partial charge in [-0.25, -0.2) is 0 Å². The number of hydrogen-bond donors (Lipinski definition) is 2. The third kappa shape index (κ3) is 1.92. The second-order valence-electron chi connectivity index (χ2n) is 3.70. The second kappa shape index (κ2) is 4.36. The molecule has 88 valence electrons. The van der Waals surface area contributed by atoms with Gasteiger partial charge in [0.2, 0.25) is 5.72 Å². The Hall–Kier alpha value is -1.82. The Morgan fingerprint density at radius 3 is 2.75 bits per heavy atom. The lowest BCUT2D eigenvalue weighted by Gasteiger charge is -2.36. The topological polar surface area (TPSA) is 76.4 Å². The Morgan fingerprint density at radius 2 is 2.25 bits per heavy atom. The fourth-order valence-corrected chi connectivity index (χ4v) is 1.41. The summed E-state index contributed by atoms with van der Waals surface area (Å²) in [5, 5.41) is 21.6. The molecule has 0 spiro atoms. The highest BCUT2D eigenvalue weighted by molar-refractivity contribution is 6.00. The number of carbonyl (C=O) groups excluding carboxylic acids is 1. The fourth-order valence-electron chi connectivity index (χ4n) is 1.41. The smallest absolute Gasteiger partial charge is 0.254 e. The maximum atomic E-state index is 11.8. The highest BCUT2D eigenvalue weighted by Crippen LogP contribution is 2.24. The largest absolute Gasteiger partial charge is 0.411 e. The molecule has 0 radical (unpaired) electrons. The Morgan fingerprint density at radius 1 is 1.62 bits per heavy atom. The van der Waals surface area contributed by atoms with E-state index in [0.29, 0.717) is 0 Å². The van der Waals surface area contributed by atoms with Gasteiger partial charge in [-0.2, -0.15) is 0 Å². The zero-order chi connectivity index (χ0) is 12.3. The fraction of sp³-hybridized carbons (Fsp3) is 0.400. The van der Waals surface area contributed by atoms with Crippen LogP contribution in [0.25, 0.3) is 0 Å². The molecular formula is C10H15N3O3. The molecule has 1 aliphatic rings. The molecule has 1 heterocycles. The molecule has 0 aromatic carbocycles. The monoisotopic (exact) mass is 225 g/mol. The van der Waals surface area contributed by atoms with Gasteiger partial charge in [0, 0.05) is 27.3 Å². The lowest BCUT2D eigenvalue weighted by Crippen LogP contribution is -2.51. The van der Waals surface area contributed by atoms with Gasteiger partial charge >= 0.3 is 0 Å². The van der Waals surface area contributed by atoms with Crippen LogP contribution in [0.2, 0.25) is 0 Å². The average molecular weight is 225 g/mol. The van der Waals surface area contributed by atoms with Crippen molar-refractivity contribution in [1.82, 2.24) is 9.80 Å². The van der Waals surface area contributed by atoms with Crippen molar-refractivity contribution >= 4 is 12.1 Å². The van der Waals surface area contributed by atoms with E-state index in [-0.39, 0.29) is 11.5 Å². The summed E-state index contributed by atoms with van der Waals surface area (Å²) >= 11 is 0. The highest BCUT2D eigenvalue weighted by Gasteiger charge is 2.39. The molecule has 0 bridgehead atoms. The Kier molecular flexibility index (Phi) is 3.34. The van der Waals surface area contributed by atoms with E-state index in [0.717, 1.165) is 6.21 Å². The van der Waals surface area contributed by atoms with Crippen molar-refractivity contribution < 1.29 is 15.1 Å². The van der Waals surface area contributed by atoms with E-state index in [2.05, 4.69) is 5.16 Å². The lowest BCUT2D eigenvalue weighted by molar-refractivity contribution is -0.127. The Balaban J connectivity index is 3.18. The first-order chi connectivity index (χ1) is 7.43. The molecule has 0 saturated carbocycles. The summed E-state index contributed by atoms with van der Waals surface area (Å²) in [6.07, 6.45) is 5.61. The van der Waals surface area contributed by atoms with Gasteiger partial charge in [-0.3, -0.25) is 4.79 Å². The summed E-state index contributed by atoms with van der Waals surface area (Å²) in [5.74, 6) is -0.349. The predicted octanol–water partition coefficient (Wildman–Crippen LogP) is -0.391. The molecule has 6 heteroatoms. The van der Waals surface area contributed by atoms with Gasteiger partial charge in [0.25, 0.3) is 5.91 Å². The van der Waals surface area contributed by atoms with Crippen molar-refractivity contribution in [1.29, 1.82) is 0 Å². The molecule has 0 aromatic heterocycles. The number of amides is 1. The van der Waals surface area contributed by atoms with Crippen LogP contribution in [0.3, 0.4) is 0 Å². The SMILES string of the molecule is CN(C)C(=O)C1=CC=CN(C)C1(O)C=NO. The van der Waals surface area contributed by atoms with Crippen LogP contribution in [0, 0.1) is 0 Å². The number of oxime groups is 1. The van der Waals surface area contributed by atoms with Crippen LogP contribution in [-0.2, 0) is 4.79 Å². The lowest BCUT2D eigenvalue weighted by atomic mass is 9.98. The Labute approximate surface area is 93.8 Å². The summed E-state index contributed by atoms with van der Waals surface area (Å²) < 4.78 is 0. The summed E-state index contributed by atoms with van der Waals surface area (Å²) in [6, 6.07) is 0.